The van der Waals surface area contributed by atoms with Crippen LogP contribution in [-0.4, -0.2) is 52.9 Å². The average Bonchev–Trinajstić information content (AvgIpc) is 2.87. The number of benzene rings is 2. The average molecular weight is 586 g/mol. The zero-order chi connectivity index (χ0) is 27.4. The van der Waals surface area contributed by atoms with Crippen LogP contribution in [0.25, 0.3) is 11.1 Å². The van der Waals surface area contributed by atoms with E-state index in [4.69, 9.17) is 27.9 Å². The first-order chi connectivity index (χ1) is 17.4. The molecule has 0 aliphatic heterocycles. The van der Waals surface area contributed by atoms with Crippen molar-refractivity contribution in [3.63, 3.8) is 0 Å². The molecule has 1 heterocycles. The lowest BCUT2D eigenvalue weighted by molar-refractivity contribution is -0.118. The molecule has 3 aromatic rings. The Morgan fingerprint density at radius 1 is 0.919 bits per heavy atom. The molecule has 0 saturated carbocycles. The minimum absolute atomic E-state index is 0.00523. The summed E-state index contributed by atoms with van der Waals surface area (Å²) in [6.07, 6.45) is 1.23. The second-order valence-electron chi connectivity index (χ2n) is 8.06. The standard InChI is InChI=1S/C25H26Cl2N2O6S2/c1-4-36(31,32)18-8-6-16(7-9-18)24-21(26)12-17(13-22(24)27)29-25(30)20(15-35-3)23-11-10-19(14-28-23)37(33,34)5-2/h6-14,20H,4-5,15H2,1-3H3,(H,29,30). The summed E-state index contributed by atoms with van der Waals surface area (Å²) in [6.45, 7) is 3.12. The van der Waals surface area contributed by atoms with Crippen LogP contribution in [0.3, 0.4) is 0 Å². The predicted octanol–water partition coefficient (Wildman–Crippen LogP) is 5.01. The van der Waals surface area contributed by atoms with Gasteiger partial charge < -0.3 is 10.1 Å². The second-order valence-corrected chi connectivity index (χ2v) is 13.4. The molecule has 1 atom stereocenters. The lowest BCUT2D eigenvalue weighted by Gasteiger charge is -2.17. The molecule has 37 heavy (non-hydrogen) atoms. The van der Waals surface area contributed by atoms with E-state index in [1.165, 1.54) is 56.6 Å². The number of hydrogen-bond acceptors (Lipinski definition) is 7. The van der Waals surface area contributed by atoms with Crippen molar-refractivity contribution in [1.29, 1.82) is 0 Å². The third-order valence-electron chi connectivity index (χ3n) is 5.70. The van der Waals surface area contributed by atoms with Crippen LogP contribution in [0.15, 0.2) is 64.5 Å². The molecule has 0 spiro atoms. The Balaban J connectivity index is 1.86. The van der Waals surface area contributed by atoms with Crippen LogP contribution in [0.2, 0.25) is 10.0 Å². The van der Waals surface area contributed by atoms with Gasteiger partial charge in [-0.15, -0.1) is 0 Å². The van der Waals surface area contributed by atoms with Gasteiger partial charge >= 0.3 is 0 Å². The highest BCUT2D eigenvalue weighted by Crippen LogP contribution is 2.38. The highest BCUT2D eigenvalue weighted by molar-refractivity contribution is 7.91. The molecule has 0 aliphatic carbocycles. The van der Waals surface area contributed by atoms with Gasteiger partial charge in [-0.2, -0.15) is 0 Å². The van der Waals surface area contributed by atoms with Crippen molar-refractivity contribution >= 4 is 54.5 Å². The lowest BCUT2D eigenvalue weighted by Crippen LogP contribution is -2.25. The van der Waals surface area contributed by atoms with Gasteiger partial charge in [-0.05, 0) is 42.0 Å². The summed E-state index contributed by atoms with van der Waals surface area (Å²) < 4.78 is 53.5. The number of aromatic nitrogens is 1. The Bertz CT molecular complexity index is 1470. The van der Waals surface area contributed by atoms with E-state index >= 15 is 0 Å². The number of hydrogen-bond donors (Lipinski definition) is 1. The number of amides is 1. The zero-order valence-corrected chi connectivity index (χ0v) is 23.5. The smallest absolute Gasteiger partial charge is 0.235 e. The molecular formula is C25H26Cl2N2O6S2. The number of anilines is 1. The quantitative estimate of drug-likeness (QED) is 0.355. The summed E-state index contributed by atoms with van der Waals surface area (Å²) in [6, 6.07) is 12.2. The van der Waals surface area contributed by atoms with Crippen molar-refractivity contribution in [1.82, 2.24) is 4.98 Å². The van der Waals surface area contributed by atoms with Gasteiger partial charge in [0.05, 0.1) is 43.6 Å². The monoisotopic (exact) mass is 584 g/mol. The van der Waals surface area contributed by atoms with Gasteiger partial charge in [0.15, 0.2) is 19.7 Å². The highest BCUT2D eigenvalue weighted by Gasteiger charge is 2.24. The summed E-state index contributed by atoms with van der Waals surface area (Å²) >= 11 is 13.0. The number of pyridine rings is 1. The second kappa shape index (κ2) is 11.9. The van der Waals surface area contributed by atoms with E-state index in [-0.39, 0.29) is 37.9 Å². The fourth-order valence-electron chi connectivity index (χ4n) is 3.56. The first-order valence-electron chi connectivity index (χ1n) is 11.2. The fraction of sp³-hybridized carbons (Fsp3) is 0.280. The Kier molecular flexibility index (Phi) is 9.36. The van der Waals surface area contributed by atoms with Crippen molar-refractivity contribution < 1.29 is 26.4 Å². The van der Waals surface area contributed by atoms with Gasteiger partial charge in [-0.3, -0.25) is 9.78 Å². The maximum atomic E-state index is 13.1. The molecule has 1 aromatic heterocycles. The molecule has 0 radical (unpaired) electrons. The first-order valence-corrected chi connectivity index (χ1v) is 15.3. The zero-order valence-electron chi connectivity index (χ0n) is 20.4. The number of carbonyl (C=O) groups excluding carboxylic acids is 1. The first kappa shape index (κ1) is 29.1. The third kappa shape index (κ3) is 6.69. The number of halogens is 2. The molecule has 198 valence electrons. The SMILES string of the molecule is CCS(=O)(=O)c1ccc(-c2c(Cl)cc(NC(=O)C(COC)c3ccc(S(=O)(=O)CC)cn3)cc2Cl)cc1. The summed E-state index contributed by atoms with van der Waals surface area (Å²) in [5.41, 5.74) is 1.78. The molecule has 8 nitrogen and oxygen atoms in total. The molecule has 1 N–H and O–H groups in total. The van der Waals surface area contributed by atoms with Crippen LogP contribution in [0, 0.1) is 0 Å². The Morgan fingerprint density at radius 2 is 1.46 bits per heavy atom. The Hall–Kier alpha value is -2.50. The molecule has 12 heteroatoms. The summed E-state index contributed by atoms with van der Waals surface area (Å²) in [5, 5.41) is 3.26. The molecule has 1 unspecified atom stereocenters. The minimum Gasteiger partial charge on any atom is -0.383 e. The number of nitrogens with zero attached hydrogens (tertiary/aromatic N) is 1. The molecule has 0 bridgehead atoms. The molecular weight excluding hydrogens is 559 g/mol. The van der Waals surface area contributed by atoms with Gasteiger partial charge in [0.2, 0.25) is 5.91 Å². The molecule has 0 aliphatic rings. The maximum Gasteiger partial charge on any atom is 0.235 e. The van der Waals surface area contributed by atoms with Crippen molar-refractivity contribution in [3.05, 3.63) is 70.5 Å². The van der Waals surface area contributed by atoms with Gasteiger partial charge in [-0.1, -0.05) is 49.2 Å². The maximum absolute atomic E-state index is 13.1. The van der Waals surface area contributed by atoms with Gasteiger partial charge in [-0.25, -0.2) is 16.8 Å². The van der Waals surface area contributed by atoms with Crippen molar-refractivity contribution in [3.8, 4) is 11.1 Å². The van der Waals surface area contributed by atoms with Crippen LogP contribution in [-0.2, 0) is 29.2 Å². The fourth-order valence-corrected chi connectivity index (χ4v) is 5.97. The van der Waals surface area contributed by atoms with E-state index in [1.807, 2.05) is 0 Å². The lowest BCUT2D eigenvalue weighted by atomic mass is 10.0. The summed E-state index contributed by atoms with van der Waals surface area (Å²) in [5.74, 6) is -1.34. The Labute approximate surface area is 226 Å². The van der Waals surface area contributed by atoms with Crippen molar-refractivity contribution in [2.75, 3.05) is 30.5 Å². The number of sulfone groups is 2. The Morgan fingerprint density at radius 3 is 1.95 bits per heavy atom. The van der Waals surface area contributed by atoms with Crippen LogP contribution >= 0.6 is 23.2 Å². The van der Waals surface area contributed by atoms with Crippen LogP contribution in [0.4, 0.5) is 5.69 Å². The van der Waals surface area contributed by atoms with E-state index < -0.39 is 31.5 Å². The van der Waals surface area contributed by atoms with Crippen LogP contribution < -0.4 is 5.32 Å². The number of nitrogens with one attached hydrogen (secondary N) is 1. The normalized spacial score (nSPS) is 12.8. The number of ether oxygens (including phenoxy) is 1. The number of carbonyl (C=O) groups is 1. The van der Waals surface area contributed by atoms with E-state index in [1.54, 1.807) is 19.1 Å². The third-order valence-corrected chi connectivity index (χ3v) is 9.76. The highest BCUT2D eigenvalue weighted by atomic mass is 35.5. The van der Waals surface area contributed by atoms with Crippen molar-refractivity contribution in [2.24, 2.45) is 0 Å². The van der Waals surface area contributed by atoms with E-state index in [0.717, 1.165) is 0 Å². The molecule has 0 fully saturated rings. The molecule has 0 saturated heterocycles. The minimum atomic E-state index is -3.42. The van der Waals surface area contributed by atoms with Gasteiger partial charge in [0.25, 0.3) is 0 Å². The van der Waals surface area contributed by atoms with E-state index in [2.05, 4.69) is 10.3 Å². The van der Waals surface area contributed by atoms with Crippen molar-refractivity contribution in [2.45, 2.75) is 29.6 Å². The number of methoxy groups -OCH3 is 1. The van der Waals surface area contributed by atoms with E-state index in [9.17, 15) is 21.6 Å². The largest absolute Gasteiger partial charge is 0.383 e. The summed E-state index contributed by atoms with van der Waals surface area (Å²) in [7, 11) is -5.33. The topological polar surface area (TPSA) is 119 Å². The molecule has 1 amide bonds. The molecule has 2 aromatic carbocycles. The van der Waals surface area contributed by atoms with Crippen LogP contribution in [0.1, 0.15) is 25.5 Å². The predicted molar refractivity (Wildman–Crippen MR) is 145 cm³/mol. The van der Waals surface area contributed by atoms with Crippen LogP contribution in [0.5, 0.6) is 0 Å². The van der Waals surface area contributed by atoms with Gasteiger partial charge in [0, 0.05) is 24.6 Å². The molecule has 3 rings (SSSR count). The van der Waals surface area contributed by atoms with E-state index in [0.29, 0.717) is 22.5 Å². The number of rotatable bonds is 10. The summed E-state index contributed by atoms with van der Waals surface area (Å²) in [4.78, 5) is 17.5. The van der Waals surface area contributed by atoms with Gasteiger partial charge in [0.1, 0.15) is 5.92 Å².